The molecule has 0 aliphatic carbocycles. The number of rotatable bonds is 3. The van der Waals surface area contributed by atoms with Crippen LogP contribution in [0.5, 0.6) is 0 Å². The third-order valence-corrected chi connectivity index (χ3v) is 2.83. The molecule has 80 valence electrons. The summed E-state index contributed by atoms with van der Waals surface area (Å²) in [5.74, 6) is 0.789. The predicted molar refractivity (Wildman–Crippen MR) is 68.2 cm³/mol. The second-order valence-corrected chi connectivity index (χ2v) is 3.99. The van der Waals surface area contributed by atoms with E-state index in [1.807, 2.05) is 19.9 Å². The monoisotopic (exact) mass is 267 g/mol. The lowest BCUT2D eigenvalue weighted by molar-refractivity contribution is 1.20. The van der Waals surface area contributed by atoms with Crippen LogP contribution in [-0.4, -0.2) is 23.2 Å². The Balaban J connectivity index is 2.94. The molecule has 0 aliphatic heterocycles. The second-order valence-electron chi connectivity index (χ2n) is 3.24. The number of halogens is 1. The number of aromatic nitrogens is 2. The van der Waals surface area contributed by atoms with Gasteiger partial charge in [0.05, 0.1) is 0 Å². The Hall–Kier alpha value is -1.16. The number of nitrogens with zero attached hydrogens (tertiary/aromatic N) is 2. The molecule has 1 rings (SSSR count). The molecular formula is C11H14BrN3. The van der Waals surface area contributed by atoms with Crippen LogP contribution in [-0.2, 0) is 0 Å². The van der Waals surface area contributed by atoms with Gasteiger partial charge in [-0.05, 0) is 41.4 Å². The molecule has 0 saturated carbocycles. The molecule has 0 amide bonds. The van der Waals surface area contributed by atoms with E-state index < -0.39 is 0 Å². The van der Waals surface area contributed by atoms with Crippen molar-refractivity contribution in [2.75, 3.05) is 7.05 Å². The molecule has 0 atom stereocenters. The van der Waals surface area contributed by atoms with Crippen molar-refractivity contribution in [2.24, 2.45) is 4.99 Å². The van der Waals surface area contributed by atoms with E-state index in [-0.39, 0.29) is 0 Å². The first-order chi connectivity index (χ1) is 7.06. The van der Waals surface area contributed by atoms with E-state index in [1.165, 1.54) is 0 Å². The first-order valence-corrected chi connectivity index (χ1v) is 5.36. The van der Waals surface area contributed by atoms with Gasteiger partial charge in [-0.25, -0.2) is 4.98 Å². The van der Waals surface area contributed by atoms with Gasteiger partial charge in [-0.15, -0.1) is 0 Å². The molecule has 0 unspecified atom stereocenters. The van der Waals surface area contributed by atoms with Crippen molar-refractivity contribution >= 4 is 27.7 Å². The van der Waals surface area contributed by atoms with E-state index in [4.69, 9.17) is 0 Å². The summed E-state index contributed by atoms with van der Waals surface area (Å²) in [6, 6.07) is 0. The minimum absolute atomic E-state index is 0.789. The fourth-order valence-corrected chi connectivity index (χ4v) is 1.33. The van der Waals surface area contributed by atoms with Crippen LogP contribution in [0, 0.1) is 6.92 Å². The van der Waals surface area contributed by atoms with E-state index in [0.29, 0.717) is 0 Å². The Morgan fingerprint density at radius 3 is 2.73 bits per heavy atom. The van der Waals surface area contributed by atoms with Gasteiger partial charge in [0, 0.05) is 24.5 Å². The average Bonchev–Trinajstić information content (AvgIpc) is 2.54. The molecule has 0 aromatic carbocycles. The molecule has 0 fully saturated rings. The van der Waals surface area contributed by atoms with E-state index in [2.05, 4.69) is 37.5 Å². The summed E-state index contributed by atoms with van der Waals surface area (Å²) < 4.78 is 0.829. The quantitative estimate of drug-likeness (QED) is 0.664. The fraction of sp³-hybridized carbons (Fsp3) is 0.273. The SMILES string of the molecule is C=C(/C(C)=C/C=NC)c1nc(Br)c(C)[nH]1. The number of aromatic amines is 1. The number of H-pyrrole nitrogens is 1. The molecule has 0 saturated heterocycles. The van der Waals surface area contributed by atoms with Gasteiger partial charge >= 0.3 is 0 Å². The van der Waals surface area contributed by atoms with Crippen LogP contribution in [0.1, 0.15) is 18.4 Å². The number of aryl methyl sites for hydroxylation is 1. The molecule has 0 radical (unpaired) electrons. The molecule has 1 heterocycles. The highest BCUT2D eigenvalue weighted by molar-refractivity contribution is 9.10. The lowest BCUT2D eigenvalue weighted by atomic mass is 10.1. The molecule has 0 aliphatic rings. The largest absolute Gasteiger partial charge is 0.341 e. The molecule has 3 nitrogen and oxygen atoms in total. The first-order valence-electron chi connectivity index (χ1n) is 4.57. The highest BCUT2D eigenvalue weighted by atomic mass is 79.9. The summed E-state index contributed by atoms with van der Waals surface area (Å²) in [5, 5.41) is 0. The molecule has 0 spiro atoms. The smallest absolute Gasteiger partial charge is 0.138 e. The zero-order valence-electron chi connectivity index (χ0n) is 9.13. The van der Waals surface area contributed by atoms with Crippen LogP contribution >= 0.6 is 15.9 Å². The lowest BCUT2D eigenvalue weighted by Crippen LogP contribution is -1.88. The van der Waals surface area contributed by atoms with Crippen molar-refractivity contribution < 1.29 is 0 Å². The number of aliphatic imine (C=N–C) groups is 1. The fourth-order valence-electron chi connectivity index (χ4n) is 1.06. The van der Waals surface area contributed by atoms with E-state index >= 15 is 0 Å². The van der Waals surface area contributed by atoms with Crippen LogP contribution in [0.2, 0.25) is 0 Å². The summed E-state index contributed by atoms with van der Waals surface area (Å²) in [5.41, 5.74) is 2.92. The highest BCUT2D eigenvalue weighted by Gasteiger charge is 2.07. The molecule has 4 heteroatoms. The number of hydrogen-bond acceptors (Lipinski definition) is 2. The van der Waals surface area contributed by atoms with Crippen molar-refractivity contribution in [1.82, 2.24) is 9.97 Å². The van der Waals surface area contributed by atoms with Gasteiger partial charge in [0.1, 0.15) is 10.4 Å². The minimum atomic E-state index is 0.789. The summed E-state index contributed by atoms with van der Waals surface area (Å²) in [6.45, 7) is 7.93. The Morgan fingerprint density at radius 2 is 2.27 bits per heavy atom. The van der Waals surface area contributed by atoms with Crippen molar-refractivity contribution in [2.45, 2.75) is 13.8 Å². The third kappa shape index (κ3) is 2.89. The van der Waals surface area contributed by atoms with Crippen molar-refractivity contribution in [1.29, 1.82) is 0 Å². The van der Waals surface area contributed by atoms with E-state index in [9.17, 15) is 0 Å². The van der Waals surface area contributed by atoms with Crippen molar-refractivity contribution in [3.8, 4) is 0 Å². The van der Waals surface area contributed by atoms with E-state index in [1.54, 1.807) is 13.3 Å². The van der Waals surface area contributed by atoms with Gasteiger partial charge in [-0.1, -0.05) is 6.58 Å². The van der Waals surface area contributed by atoms with Crippen LogP contribution in [0.25, 0.3) is 5.57 Å². The predicted octanol–water partition coefficient (Wildman–Crippen LogP) is 3.14. The third-order valence-electron chi connectivity index (χ3n) is 2.06. The topological polar surface area (TPSA) is 41.0 Å². The van der Waals surface area contributed by atoms with Gasteiger partial charge in [-0.2, -0.15) is 0 Å². The standard InChI is InChI=1S/C11H14BrN3/c1-7(5-6-13-4)8(2)11-14-9(3)10(12)15-11/h5-6H,2H2,1,3-4H3,(H,14,15)/b7-5+,13-6?. The zero-order valence-corrected chi connectivity index (χ0v) is 10.7. The van der Waals surface area contributed by atoms with Crippen molar-refractivity contribution in [3.05, 3.63) is 34.3 Å². The van der Waals surface area contributed by atoms with Gasteiger partial charge in [-0.3, -0.25) is 4.99 Å². The molecule has 15 heavy (non-hydrogen) atoms. The average molecular weight is 268 g/mol. The molecule has 0 bridgehead atoms. The first kappa shape index (κ1) is 11.9. The van der Waals surface area contributed by atoms with Gasteiger partial charge in [0.15, 0.2) is 0 Å². The molecule has 1 aromatic heterocycles. The van der Waals surface area contributed by atoms with Crippen LogP contribution < -0.4 is 0 Å². The number of imidazole rings is 1. The normalized spacial score (nSPS) is 12.4. The number of allylic oxidation sites excluding steroid dienone is 3. The molecule has 1 N–H and O–H groups in total. The lowest BCUT2D eigenvalue weighted by Gasteiger charge is -2.00. The maximum Gasteiger partial charge on any atom is 0.138 e. The maximum atomic E-state index is 4.32. The minimum Gasteiger partial charge on any atom is -0.341 e. The summed E-state index contributed by atoms with van der Waals surface area (Å²) >= 11 is 3.36. The van der Waals surface area contributed by atoms with Crippen LogP contribution in [0.3, 0.4) is 0 Å². The van der Waals surface area contributed by atoms with Gasteiger partial charge in [0.2, 0.25) is 0 Å². The summed E-state index contributed by atoms with van der Waals surface area (Å²) in [6.07, 6.45) is 3.65. The Bertz CT molecular complexity index is 408. The zero-order chi connectivity index (χ0) is 11.4. The highest BCUT2D eigenvalue weighted by Crippen LogP contribution is 2.21. The second kappa shape index (κ2) is 5.07. The number of nitrogens with one attached hydrogen (secondary N) is 1. The number of hydrogen-bond donors (Lipinski definition) is 1. The Labute approximate surface area is 98.2 Å². The molecule has 1 aromatic rings. The van der Waals surface area contributed by atoms with Crippen LogP contribution in [0.4, 0.5) is 0 Å². The van der Waals surface area contributed by atoms with Crippen LogP contribution in [0.15, 0.2) is 27.8 Å². The summed E-state index contributed by atoms with van der Waals surface area (Å²) in [7, 11) is 1.74. The van der Waals surface area contributed by atoms with Crippen molar-refractivity contribution in [3.63, 3.8) is 0 Å². The Morgan fingerprint density at radius 1 is 1.60 bits per heavy atom. The molecular weight excluding hydrogens is 254 g/mol. The van der Waals surface area contributed by atoms with Gasteiger partial charge in [0.25, 0.3) is 0 Å². The van der Waals surface area contributed by atoms with E-state index in [0.717, 1.165) is 27.3 Å². The van der Waals surface area contributed by atoms with Gasteiger partial charge < -0.3 is 4.98 Å². The Kier molecular flexibility index (Phi) is 4.03. The maximum absolute atomic E-state index is 4.32. The summed E-state index contributed by atoms with van der Waals surface area (Å²) in [4.78, 5) is 11.4.